The first-order valence-electron chi connectivity index (χ1n) is 7.95. The molecule has 0 aromatic heterocycles. The summed E-state index contributed by atoms with van der Waals surface area (Å²) in [6.07, 6.45) is 0. The maximum atomic E-state index is 14.9. The van der Waals surface area contributed by atoms with E-state index in [2.05, 4.69) is 9.47 Å². The molecule has 2 N–H and O–H groups in total. The lowest BCUT2D eigenvalue weighted by atomic mass is 9.76. The van der Waals surface area contributed by atoms with Gasteiger partial charge >= 0.3 is 35.5 Å². The summed E-state index contributed by atoms with van der Waals surface area (Å²) in [6, 6.07) is 5.84. The van der Waals surface area contributed by atoms with Gasteiger partial charge in [-0.15, -0.1) is 0 Å². The van der Waals surface area contributed by atoms with Gasteiger partial charge in [-0.25, -0.2) is 9.59 Å². The molecule has 1 aliphatic carbocycles. The van der Waals surface area contributed by atoms with Crippen molar-refractivity contribution in [2.45, 2.75) is 23.6 Å². The normalized spacial score (nSPS) is 26.3. The quantitative estimate of drug-likeness (QED) is 0.661. The minimum atomic E-state index is -5.67. The van der Waals surface area contributed by atoms with Crippen molar-refractivity contribution in [3.8, 4) is 11.5 Å². The van der Waals surface area contributed by atoms with Gasteiger partial charge < -0.3 is 19.7 Å². The van der Waals surface area contributed by atoms with E-state index in [1.165, 1.54) is 0 Å². The van der Waals surface area contributed by atoms with Crippen LogP contribution >= 0.6 is 0 Å². The summed E-state index contributed by atoms with van der Waals surface area (Å²) in [5.74, 6) is -25.9. The molecule has 2 atom stereocenters. The molecule has 1 aliphatic rings. The van der Waals surface area contributed by atoms with E-state index < -0.39 is 47.0 Å². The van der Waals surface area contributed by atoms with Crippen molar-refractivity contribution in [3.63, 3.8) is 0 Å². The van der Waals surface area contributed by atoms with Crippen LogP contribution in [0.25, 0.3) is 0 Å². The fourth-order valence-electron chi connectivity index (χ4n) is 2.66. The average molecular weight is 436 g/mol. The van der Waals surface area contributed by atoms with Gasteiger partial charge in [0.25, 0.3) is 0 Å². The molecule has 2 aromatic rings. The number of benzene rings is 2. The highest BCUT2D eigenvalue weighted by Crippen LogP contribution is 2.68. The predicted octanol–water partition coefficient (Wildman–Crippen LogP) is 4.16. The first kappa shape index (κ1) is 21.3. The topological polar surface area (TPSA) is 93.1 Å². The lowest BCUT2D eigenvalue weighted by molar-refractivity contribution is -0.527. The molecular formula is C18H10F6O6. The van der Waals surface area contributed by atoms with E-state index in [4.69, 9.17) is 10.2 Å². The van der Waals surface area contributed by atoms with E-state index in [0.29, 0.717) is 24.3 Å². The second kappa shape index (κ2) is 6.54. The fraction of sp³-hybridized carbons (Fsp3) is 0.222. The zero-order chi connectivity index (χ0) is 22.5. The van der Waals surface area contributed by atoms with Gasteiger partial charge in [0.2, 0.25) is 0 Å². The molecule has 30 heavy (non-hydrogen) atoms. The minimum absolute atomic E-state index is 0.359. The third-order valence-electron chi connectivity index (χ3n) is 4.34. The number of alkyl halides is 6. The summed E-state index contributed by atoms with van der Waals surface area (Å²) >= 11 is 0. The highest BCUT2D eigenvalue weighted by molar-refractivity contribution is 5.88. The molecule has 0 unspecified atom stereocenters. The summed E-state index contributed by atoms with van der Waals surface area (Å²) in [5.41, 5.74) is -0.718. The molecule has 1 saturated carbocycles. The Balaban J connectivity index is 1.95. The smallest absolute Gasteiger partial charge is 0.395 e. The highest BCUT2D eigenvalue weighted by atomic mass is 19.3. The molecule has 0 aliphatic heterocycles. The molecule has 12 heteroatoms. The third-order valence-corrected chi connectivity index (χ3v) is 4.34. The first-order valence-corrected chi connectivity index (χ1v) is 7.95. The second-order valence-electron chi connectivity index (χ2n) is 6.20. The van der Waals surface area contributed by atoms with Crippen LogP contribution in [0.3, 0.4) is 0 Å². The molecule has 0 spiro atoms. The van der Waals surface area contributed by atoms with Crippen molar-refractivity contribution in [1.82, 2.24) is 0 Å². The van der Waals surface area contributed by atoms with Gasteiger partial charge in [0.05, 0.1) is 11.1 Å². The standard InChI is InChI=1S/C18H10F6O6/c19-15(20)16(21,22)18(24,30-12-7-3-10(4-8-12)14(27)28)17(15,23)29-11-5-1-9(2-6-11)13(25)26/h1-8H,(H,25,26)(H,27,28)/t17-,18+. The van der Waals surface area contributed by atoms with Gasteiger partial charge in [-0.2, -0.15) is 26.3 Å². The Morgan fingerprint density at radius 2 is 0.867 bits per heavy atom. The van der Waals surface area contributed by atoms with Crippen LogP contribution in [0, 0.1) is 0 Å². The van der Waals surface area contributed by atoms with Crippen molar-refractivity contribution < 1.29 is 55.6 Å². The van der Waals surface area contributed by atoms with E-state index in [9.17, 15) is 35.9 Å². The van der Waals surface area contributed by atoms with Crippen LogP contribution in [0.2, 0.25) is 0 Å². The Morgan fingerprint density at radius 1 is 0.600 bits per heavy atom. The molecule has 1 fully saturated rings. The Bertz CT molecular complexity index is 912. The third kappa shape index (κ3) is 2.74. The monoisotopic (exact) mass is 436 g/mol. The predicted molar refractivity (Wildman–Crippen MR) is 85.6 cm³/mol. The van der Waals surface area contributed by atoms with Crippen molar-refractivity contribution in [3.05, 3.63) is 59.7 Å². The summed E-state index contributed by atoms with van der Waals surface area (Å²) in [7, 11) is 0. The maximum Gasteiger partial charge on any atom is 0.395 e. The van der Waals surface area contributed by atoms with Crippen molar-refractivity contribution in [2.75, 3.05) is 0 Å². The van der Waals surface area contributed by atoms with Crippen LogP contribution in [0.15, 0.2) is 48.5 Å². The van der Waals surface area contributed by atoms with Crippen LogP contribution < -0.4 is 9.47 Å². The van der Waals surface area contributed by atoms with Crippen LogP contribution in [-0.4, -0.2) is 45.7 Å². The van der Waals surface area contributed by atoms with Gasteiger partial charge in [-0.05, 0) is 48.5 Å². The van der Waals surface area contributed by atoms with Crippen LogP contribution in [0.4, 0.5) is 26.3 Å². The molecule has 0 amide bonds. The summed E-state index contributed by atoms with van der Waals surface area (Å²) < 4.78 is 93.7. The molecule has 2 aromatic carbocycles. The lowest BCUT2D eigenvalue weighted by Gasteiger charge is -2.55. The minimum Gasteiger partial charge on any atom is -0.478 e. The summed E-state index contributed by atoms with van der Waals surface area (Å²) in [5, 5.41) is 17.5. The van der Waals surface area contributed by atoms with Crippen molar-refractivity contribution in [1.29, 1.82) is 0 Å². The number of hydrogen-bond donors (Lipinski definition) is 2. The Hall–Kier alpha value is -3.44. The molecular weight excluding hydrogens is 426 g/mol. The molecule has 0 heterocycles. The summed E-state index contributed by atoms with van der Waals surface area (Å²) in [6.45, 7) is 0. The van der Waals surface area contributed by atoms with E-state index in [1.807, 2.05) is 0 Å². The molecule has 3 rings (SSSR count). The molecule has 0 bridgehead atoms. The highest BCUT2D eigenvalue weighted by Gasteiger charge is 3.03. The Kier molecular flexibility index (Phi) is 4.64. The Morgan fingerprint density at radius 3 is 1.10 bits per heavy atom. The molecule has 0 saturated heterocycles. The van der Waals surface area contributed by atoms with E-state index >= 15 is 0 Å². The van der Waals surface area contributed by atoms with E-state index in [0.717, 1.165) is 24.3 Å². The number of carbonyl (C=O) groups is 2. The first-order chi connectivity index (χ1) is 13.8. The largest absolute Gasteiger partial charge is 0.478 e. The van der Waals surface area contributed by atoms with Gasteiger partial charge in [0, 0.05) is 0 Å². The van der Waals surface area contributed by atoms with Crippen molar-refractivity contribution in [2.24, 2.45) is 0 Å². The van der Waals surface area contributed by atoms with E-state index in [-0.39, 0.29) is 11.1 Å². The van der Waals surface area contributed by atoms with E-state index in [1.54, 1.807) is 0 Å². The molecule has 160 valence electrons. The Labute approximate surface area is 163 Å². The van der Waals surface area contributed by atoms with Gasteiger partial charge in [-0.1, -0.05) is 0 Å². The number of hydrogen-bond acceptors (Lipinski definition) is 4. The molecule has 0 radical (unpaired) electrons. The number of rotatable bonds is 6. The molecule has 6 nitrogen and oxygen atoms in total. The summed E-state index contributed by atoms with van der Waals surface area (Å²) in [4.78, 5) is 21.5. The number of ether oxygens (including phenoxy) is 2. The second-order valence-corrected chi connectivity index (χ2v) is 6.20. The van der Waals surface area contributed by atoms with Crippen LogP contribution in [-0.2, 0) is 0 Å². The number of halogens is 6. The lowest BCUT2D eigenvalue weighted by Crippen LogP contribution is -2.89. The fourth-order valence-corrected chi connectivity index (χ4v) is 2.66. The van der Waals surface area contributed by atoms with Crippen LogP contribution in [0.5, 0.6) is 11.5 Å². The zero-order valence-corrected chi connectivity index (χ0v) is 14.4. The average Bonchev–Trinajstić information content (AvgIpc) is 2.67. The number of carboxylic acid groups (broad SMARTS) is 2. The van der Waals surface area contributed by atoms with Crippen LogP contribution in [0.1, 0.15) is 20.7 Å². The van der Waals surface area contributed by atoms with Crippen molar-refractivity contribution >= 4 is 11.9 Å². The zero-order valence-electron chi connectivity index (χ0n) is 14.4. The van der Waals surface area contributed by atoms with Gasteiger partial charge in [-0.3, -0.25) is 0 Å². The number of aromatic carboxylic acids is 2. The maximum absolute atomic E-state index is 14.9. The number of carboxylic acids is 2. The van der Waals surface area contributed by atoms with Gasteiger partial charge in [0.15, 0.2) is 0 Å². The van der Waals surface area contributed by atoms with Gasteiger partial charge in [0.1, 0.15) is 11.5 Å². The SMILES string of the molecule is O=C(O)c1ccc(O[C@@]2(F)C(F)(F)C(F)(F)[C@@]2(F)Oc2ccc(C(=O)O)cc2)cc1.